The summed E-state index contributed by atoms with van der Waals surface area (Å²) in [5, 5.41) is 1.14. The summed E-state index contributed by atoms with van der Waals surface area (Å²) in [6.07, 6.45) is 0. The van der Waals surface area contributed by atoms with Crippen molar-refractivity contribution in [3.63, 3.8) is 0 Å². The summed E-state index contributed by atoms with van der Waals surface area (Å²) in [6.45, 7) is 4.28. The van der Waals surface area contributed by atoms with Gasteiger partial charge in [-0.15, -0.1) is 34.0 Å². The second-order valence-electron chi connectivity index (χ2n) is 9.47. The molecule has 0 fully saturated rings. The van der Waals surface area contributed by atoms with Crippen LogP contribution in [0, 0.1) is 13.8 Å². The molecule has 0 saturated carbocycles. The van der Waals surface area contributed by atoms with Crippen LogP contribution in [0.2, 0.25) is 0 Å². The van der Waals surface area contributed by atoms with Gasteiger partial charge in [-0.05, 0) is 43.2 Å². The first-order chi connectivity index (χ1) is 17.9. The van der Waals surface area contributed by atoms with Gasteiger partial charge in [-0.2, -0.15) is 0 Å². The number of rotatable bonds is 5. The Labute approximate surface area is 228 Å². The van der Waals surface area contributed by atoms with Gasteiger partial charge in [-0.1, -0.05) is 30.3 Å². The minimum absolute atomic E-state index is 0.974. The standard InChI is InChI=1S/C30H26O4S3/c1-15-12-20-25(35-15)19-14-18(17-10-8-7-9-11-17)22-24-28(37-27(22)23(19)29(20,31-3)32-4)26-21(13-16(2)36-26)30(24,33-5)34-6/h7-14H,1-6H3. The first-order valence-electron chi connectivity index (χ1n) is 12.1. The number of ether oxygens (including phenoxy) is 4. The molecular formula is C30H26O4S3. The van der Waals surface area contributed by atoms with Crippen molar-refractivity contribution in [1.82, 2.24) is 0 Å². The largest absolute Gasteiger partial charge is 0.345 e. The van der Waals surface area contributed by atoms with Gasteiger partial charge in [0.1, 0.15) is 0 Å². The number of benzene rings is 2. The van der Waals surface area contributed by atoms with Crippen molar-refractivity contribution < 1.29 is 18.9 Å². The summed E-state index contributed by atoms with van der Waals surface area (Å²) >= 11 is 5.38. The smallest absolute Gasteiger partial charge is 0.225 e. The molecule has 0 atom stereocenters. The van der Waals surface area contributed by atoms with Crippen molar-refractivity contribution in [3.8, 4) is 31.3 Å². The lowest BCUT2D eigenvalue weighted by Crippen LogP contribution is -2.30. The Morgan fingerprint density at radius 2 is 1.16 bits per heavy atom. The molecule has 0 N–H and O–H groups in total. The lowest BCUT2D eigenvalue weighted by Gasteiger charge is -2.30. The normalized spacial score (nSPS) is 16.2. The molecule has 0 aliphatic heterocycles. The zero-order chi connectivity index (χ0) is 25.7. The maximum absolute atomic E-state index is 6.29. The van der Waals surface area contributed by atoms with Gasteiger partial charge in [0.15, 0.2) is 0 Å². The zero-order valence-corrected chi connectivity index (χ0v) is 23.9. The van der Waals surface area contributed by atoms with Crippen molar-refractivity contribution in [2.24, 2.45) is 0 Å². The number of hydrogen-bond donors (Lipinski definition) is 0. The van der Waals surface area contributed by atoms with Gasteiger partial charge < -0.3 is 18.9 Å². The highest BCUT2D eigenvalue weighted by molar-refractivity contribution is 7.27. The van der Waals surface area contributed by atoms with Crippen LogP contribution in [0.3, 0.4) is 0 Å². The van der Waals surface area contributed by atoms with E-state index in [-0.39, 0.29) is 0 Å². The third-order valence-electron chi connectivity index (χ3n) is 7.73. The summed E-state index contributed by atoms with van der Waals surface area (Å²) in [4.78, 5) is 6.10. The van der Waals surface area contributed by atoms with E-state index in [1.54, 1.807) is 62.4 Å². The summed E-state index contributed by atoms with van der Waals surface area (Å²) < 4.78 is 26.3. The lowest BCUT2D eigenvalue weighted by atomic mass is 9.90. The second-order valence-corrected chi connectivity index (χ2v) is 13.0. The zero-order valence-electron chi connectivity index (χ0n) is 21.5. The number of methoxy groups -OCH3 is 4. The summed E-state index contributed by atoms with van der Waals surface area (Å²) in [7, 11) is 6.96. The molecule has 0 radical (unpaired) electrons. The Hall–Kier alpha value is -2.36. The van der Waals surface area contributed by atoms with Crippen molar-refractivity contribution >= 4 is 44.1 Å². The van der Waals surface area contributed by atoms with E-state index >= 15 is 0 Å². The molecule has 188 valence electrons. The van der Waals surface area contributed by atoms with E-state index in [9.17, 15) is 0 Å². The summed E-state index contributed by atoms with van der Waals surface area (Å²) in [5.41, 5.74) is 7.81. The predicted molar refractivity (Wildman–Crippen MR) is 153 cm³/mol. The SMILES string of the molecule is COC1(OC)c2cc(C)sc2-c2cc(-c3ccccc3)c3c4c(sc3c21)-c1sc(C)cc1C4(OC)OC. The van der Waals surface area contributed by atoms with Crippen LogP contribution in [-0.4, -0.2) is 28.4 Å². The van der Waals surface area contributed by atoms with E-state index in [4.69, 9.17) is 18.9 Å². The van der Waals surface area contributed by atoms with Crippen LogP contribution in [0.5, 0.6) is 0 Å². The van der Waals surface area contributed by atoms with E-state index < -0.39 is 11.6 Å². The number of thiophene rings is 3. The minimum atomic E-state index is -0.978. The molecule has 2 aliphatic carbocycles. The second kappa shape index (κ2) is 8.07. The Kier molecular flexibility index (Phi) is 5.18. The van der Waals surface area contributed by atoms with Crippen LogP contribution >= 0.6 is 34.0 Å². The van der Waals surface area contributed by atoms with Gasteiger partial charge in [0.05, 0.1) is 9.75 Å². The van der Waals surface area contributed by atoms with E-state index in [1.807, 2.05) is 0 Å². The fourth-order valence-corrected chi connectivity index (χ4v) is 10.00. The van der Waals surface area contributed by atoms with Gasteiger partial charge >= 0.3 is 0 Å². The van der Waals surface area contributed by atoms with Crippen molar-refractivity contribution in [1.29, 1.82) is 0 Å². The Morgan fingerprint density at radius 3 is 1.78 bits per heavy atom. The molecule has 3 aromatic heterocycles. The third kappa shape index (κ3) is 2.80. The monoisotopic (exact) mass is 546 g/mol. The predicted octanol–water partition coefficient (Wildman–Crippen LogP) is 8.26. The van der Waals surface area contributed by atoms with E-state index in [0.29, 0.717) is 0 Å². The van der Waals surface area contributed by atoms with E-state index in [0.717, 1.165) is 43.5 Å². The highest BCUT2D eigenvalue weighted by Crippen LogP contribution is 2.64. The third-order valence-corrected chi connectivity index (χ3v) is 11.2. The van der Waals surface area contributed by atoms with Crippen LogP contribution in [0.25, 0.3) is 41.4 Å². The van der Waals surface area contributed by atoms with Crippen LogP contribution in [0.1, 0.15) is 32.0 Å². The molecule has 7 rings (SSSR count). The van der Waals surface area contributed by atoms with Crippen LogP contribution in [0.15, 0.2) is 48.5 Å². The molecule has 2 aliphatic rings. The first-order valence-corrected chi connectivity index (χ1v) is 14.5. The van der Waals surface area contributed by atoms with Crippen molar-refractivity contribution in [2.75, 3.05) is 28.4 Å². The highest BCUT2D eigenvalue weighted by atomic mass is 32.1. The Balaban J connectivity index is 1.70. The molecule has 7 heteroatoms. The fourth-order valence-electron chi connectivity index (χ4n) is 6.27. The molecule has 5 aromatic rings. The number of fused-ring (bicyclic) bond motifs is 9. The molecule has 0 bridgehead atoms. The van der Waals surface area contributed by atoms with Gasteiger partial charge in [0.25, 0.3) is 0 Å². The average molecular weight is 547 g/mol. The summed E-state index contributed by atoms with van der Waals surface area (Å²) in [5.74, 6) is -1.95. The number of aryl methyl sites for hydroxylation is 2. The van der Waals surface area contributed by atoms with Gasteiger partial charge in [0, 0.05) is 81.0 Å². The Morgan fingerprint density at radius 1 is 0.595 bits per heavy atom. The quantitative estimate of drug-likeness (QED) is 0.208. The molecule has 0 spiro atoms. The molecule has 0 saturated heterocycles. The molecule has 3 heterocycles. The first kappa shape index (κ1) is 23.7. The molecule has 4 nitrogen and oxygen atoms in total. The van der Waals surface area contributed by atoms with Crippen molar-refractivity contribution in [3.05, 3.63) is 80.5 Å². The van der Waals surface area contributed by atoms with Crippen LogP contribution in [0.4, 0.5) is 0 Å². The lowest BCUT2D eigenvalue weighted by molar-refractivity contribution is -0.180. The van der Waals surface area contributed by atoms with Crippen LogP contribution < -0.4 is 0 Å². The van der Waals surface area contributed by atoms with Crippen molar-refractivity contribution in [2.45, 2.75) is 25.4 Å². The molecule has 37 heavy (non-hydrogen) atoms. The topological polar surface area (TPSA) is 36.9 Å². The average Bonchev–Trinajstić information content (AvgIpc) is 3.69. The maximum atomic E-state index is 6.29. The van der Waals surface area contributed by atoms with Gasteiger partial charge in [0.2, 0.25) is 11.6 Å². The molecule has 0 amide bonds. The van der Waals surface area contributed by atoms with Gasteiger partial charge in [-0.3, -0.25) is 0 Å². The Bertz CT molecular complexity index is 1700. The summed E-state index contributed by atoms with van der Waals surface area (Å²) in [6, 6.07) is 17.3. The highest BCUT2D eigenvalue weighted by Gasteiger charge is 2.53. The van der Waals surface area contributed by atoms with Crippen LogP contribution in [-0.2, 0) is 30.5 Å². The van der Waals surface area contributed by atoms with E-state index in [2.05, 4.69) is 62.4 Å². The number of hydrogen-bond acceptors (Lipinski definition) is 7. The molecular weight excluding hydrogens is 521 g/mol. The molecule has 0 unspecified atom stereocenters. The maximum Gasteiger partial charge on any atom is 0.225 e. The molecule has 2 aromatic carbocycles. The van der Waals surface area contributed by atoms with E-state index in [1.165, 1.54) is 29.9 Å². The fraction of sp³-hybridized carbons (Fsp3) is 0.267. The minimum Gasteiger partial charge on any atom is -0.345 e. The van der Waals surface area contributed by atoms with Gasteiger partial charge in [-0.25, -0.2) is 0 Å².